The number of hydrogen-bond donors (Lipinski definition) is 2. The van der Waals surface area contributed by atoms with Crippen molar-refractivity contribution in [1.29, 1.82) is 0 Å². The van der Waals surface area contributed by atoms with Crippen molar-refractivity contribution in [3.63, 3.8) is 0 Å². The third-order valence-electron chi connectivity index (χ3n) is 3.59. The van der Waals surface area contributed by atoms with Crippen LogP contribution in [-0.2, 0) is 9.59 Å². The van der Waals surface area contributed by atoms with Crippen LogP contribution in [0.2, 0.25) is 0 Å². The molecule has 0 aromatic carbocycles. The van der Waals surface area contributed by atoms with E-state index in [1.165, 1.54) is 0 Å². The average Bonchev–Trinajstić information content (AvgIpc) is 2.26. The quantitative estimate of drug-likeness (QED) is 0.791. The highest BCUT2D eigenvalue weighted by molar-refractivity contribution is 5.82. The van der Waals surface area contributed by atoms with Crippen LogP contribution in [0, 0.1) is 11.3 Å². The molecule has 1 aliphatic heterocycles. The van der Waals surface area contributed by atoms with Gasteiger partial charge in [0.05, 0.1) is 6.04 Å². The van der Waals surface area contributed by atoms with Crippen molar-refractivity contribution in [3.8, 4) is 0 Å². The summed E-state index contributed by atoms with van der Waals surface area (Å²) in [5.41, 5.74) is 5.71. The van der Waals surface area contributed by atoms with Crippen molar-refractivity contribution in [3.05, 3.63) is 0 Å². The summed E-state index contributed by atoms with van der Waals surface area (Å²) in [5.74, 6) is -0.583. The number of carbonyl (C=O) groups is 2. The molecular formula is C13H24N2O3. The lowest BCUT2D eigenvalue weighted by Gasteiger charge is -2.36. The maximum Gasteiger partial charge on any atom is 0.303 e. The van der Waals surface area contributed by atoms with Crippen molar-refractivity contribution >= 4 is 11.9 Å². The molecule has 1 aliphatic rings. The molecular weight excluding hydrogens is 232 g/mol. The highest BCUT2D eigenvalue weighted by atomic mass is 16.4. The summed E-state index contributed by atoms with van der Waals surface area (Å²) in [4.78, 5) is 24.6. The number of nitrogens with zero attached hydrogens (tertiary/aromatic N) is 1. The standard InChI is InChI=1S/C13H24N2O3/c1-13(2,3)11(14)12(18)15-6-4-9(5-7-15)8-10(16)17/h9,11H,4-8,14H2,1-3H3,(H,16,17)/t11-/m0/s1. The van der Waals surface area contributed by atoms with Crippen molar-refractivity contribution in [1.82, 2.24) is 4.90 Å². The monoisotopic (exact) mass is 256 g/mol. The van der Waals surface area contributed by atoms with Gasteiger partial charge >= 0.3 is 5.97 Å². The molecule has 104 valence electrons. The second-order valence-corrected chi connectivity index (χ2v) is 6.21. The molecule has 1 saturated heterocycles. The fraction of sp³-hybridized carbons (Fsp3) is 0.846. The van der Waals surface area contributed by atoms with Gasteiger partial charge in [0, 0.05) is 19.5 Å². The first-order valence-corrected chi connectivity index (χ1v) is 6.48. The molecule has 0 saturated carbocycles. The van der Waals surface area contributed by atoms with Crippen LogP contribution in [0.1, 0.15) is 40.0 Å². The lowest BCUT2D eigenvalue weighted by atomic mass is 9.85. The molecule has 0 aromatic rings. The van der Waals surface area contributed by atoms with Gasteiger partial charge in [0.1, 0.15) is 0 Å². The fourth-order valence-electron chi connectivity index (χ4n) is 2.17. The highest BCUT2D eigenvalue weighted by Crippen LogP contribution is 2.24. The Kier molecular flexibility index (Phi) is 4.73. The zero-order valence-electron chi connectivity index (χ0n) is 11.5. The van der Waals surface area contributed by atoms with E-state index in [0.29, 0.717) is 13.1 Å². The third kappa shape index (κ3) is 3.98. The molecule has 5 nitrogen and oxygen atoms in total. The Bertz CT molecular complexity index is 315. The molecule has 0 bridgehead atoms. The maximum atomic E-state index is 12.2. The van der Waals surface area contributed by atoms with Crippen LogP contribution in [0.3, 0.4) is 0 Å². The zero-order valence-corrected chi connectivity index (χ0v) is 11.5. The molecule has 1 amide bonds. The predicted octanol–water partition coefficient (Wildman–Crippen LogP) is 1.07. The van der Waals surface area contributed by atoms with Crippen LogP contribution in [-0.4, -0.2) is 41.0 Å². The number of amides is 1. The predicted molar refractivity (Wildman–Crippen MR) is 69.0 cm³/mol. The van der Waals surface area contributed by atoms with Gasteiger partial charge in [0.2, 0.25) is 5.91 Å². The van der Waals surface area contributed by atoms with Gasteiger partial charge in [-0.2, -0.15) is 0 Å². The van der Waals surface area contributed by atoms with Crippen molar-refractivity contribution in [2.45, 2.75) is 46.1 Å². The van der Waals surface area contributed by atoms with Crippen LogP contribution in [0.5, 0.6) is 0 Å². The normalized spacial score (nSPS) is 19.7. The van der Waals surface area contributed by atoms with E-state index in [0.717, 1.165) is 12.8 Å². The van der Waals surface area contributed by atoms with Gasteiger partial charge in [-0.25, -0.2) is 0 Å². The van der Waals surface area contributed by atoms with Crippen LogP contribution in [0.25, 0.3) is 0 Å². The third-order valence-corrected chi connectivity index (χ3v) is 3.59. The van der Waals surface area contributed by atoms with Gasteiger partial charge in [-0.3, -0.25) is 9.59 Å². The van der Waals surface area contributed by atoms with E-state index in [1.807, 2.05) is 20.8 Å². The summed E-state index contributed by atoms with van der Waals surface area (Å²) in [6, 6.07) is -0.492. The van der Waals surface area contributed by atoms with Gasteiger partial charge in [0.25, 0.3) is 0 Å². The number of carboxylic acid groups (broad SMARTS) is 1. The average molecular weight is 256 g/mol. The Hall–Kier alpha value is -1.10. The van der Waals surface area contributed by atoms with Gasteiger partial charge in [-0.05, 0) is 24.2 Å². The molecule has 18 heavy (non-hydrogen) atoms. The number of carboxylic acids is 1. The topological polar surface area (TPSA) is 83.6 Å². The van der Waals surface area contributed by atoms with Gasteiger partial charge < -0.3 is 15.7 Å². The number of hydrogen-bond acceptors (Lipinski definition) is 3. The Morgan fingerprint density at radius 1 is 1.33 bits per heavy atom. The Morgan fingerprint density at radius 3 is 2.22 bits per heavy atom. The second kappa shape index (κ2) is 5.69. The van der Waals surface area contributed by atoms with Gasteiger partial charge in [0.15, 0.2) is 0 Å². The smallest absolute Gasteiger partial charge is 0.303 e. The number of likely N-dealkylation sites (tertiary alicyclic amines) is 1. The van der Waals surface area contributed by atoms with Gasteiger partial charge in [-0.15, -0.1) is 0 Å². The molecule has 0 radical (unpaired) electrons. The van der Waals surface area contributed by atoms with Crippen LogP contribution in [0.4, 0.5) is 0 Å². The summed E-state index contributed by atoms with van der Waals surface area (Å²) in [6.45, 7) is 7.10. The molecule has 1 rings (SSSR count). The molecule has 0 unspecified atom stereocenters. The van der Waals surface area contributed by atoms with Crippen LogP contribution < -0.4 is 5.73 Å². The lowest BCUT2D eigenvalue weighted by Crippen LogP contribution is -2.52. The summed E-state index contributed by atoms with van der Waals surface area (Å²) in [7, 11) is 0. The first-order valence-electron chi connectivity index (χ1n) is 6.48. The lowest BCUT2D eigenvalue weighted by molar-refractivity contribution is -0.139. The number of nitrogens with two attached hydrogens (primary N) is 1. The first kappa shape index (κ1) is 15.0. The zero-order chi connectivity index (χ0) is 13.9. The summed E-state index contributed by atoms with van der Waals surface area (Å²) < 4.78 is 0. The Morgan fingerprint density at radius 2 is 1.83 bits per heavy atom. The SMILES string of the molecule is CC(C)(C)[C@@H](N)C(=O)N1CCC(CC(=O)O)CC1. The number of rotatable bonds is 3. The second-order valence-electron chi connectivity index (χ2n) is 6.21. The van der Waals surface area contributed by atoms with E-state index < -0.39 is 12.0 Å². The highest BCUT2D eigenvalue weighted by Gasteiger charge is 2.33. The maximum absolute atomic E-state index is 12.2. The minimum Gasteiger partial charge on any atom is -0.481 e. The molecule has 0 aliphatic carbocycles. The molecule has 1 heterocycles. The Labute approximate surface area is 108 Å². The van der Waals surface area contributed by atoms with Crippen molar-refractivity contribution < 1.29 is 14.7 Å². The number of aliphatic carboxylic acids is 1. The molecule has 3 N–H and O–H groups in total. The van der Waals surface area contributed by atoms with E-state index in [9.17, 15) is 9.59 Å². The van der Waals surface area contributed by atoms with E-state index >= 15 is 0 Å². The molecule has 1 atom stereocenters. The van der Waals surface area contributed by atoms with Crippen LogP contribution >= 0.6 is 0 Å². The van der Waals surface area contributed by atoms with E-state index in [4.69, 9.17) is 10.8 Å². The minimum absolute atomic E-state index is 0.0173. The van der Waals surface area contributed by atoms with Crippen molar-refractivity contribution in [2.75, 3.05) is 13.1 Å². The van der Waals surface area contributed by atoms with E-state index in [-0.39, 0.29) is 23.7 Å². The fourth-order valence-corrected chi connectivity index (χ4v) is 2.17. The van der Waals surface area contributed by atoms with E-state index in [2.05, 4.69) is 0 Å². The molecule has 0 spiro atoms. The first-order chi connectivity index (χ1) is 8.21. The molecule has 5 heteroatoms. The summed E-state index contributed by atoms with van der Waals surface area (Å²) >= 11 is 0. The number of piperidine rings is 1. The van der Waals surface area contributed by atoms with E-state index in [1.54, 1.807) is 4.90 Å². The van der Waals surface area contributed by atoms with Crippen LogP contribution in [0.15, 0.2) is 0 Å². The summed E-state index contributed by atoms with van der Waals surface area (Å²) in [5, 5.41) is 8.74. The minimum atomic E-state index is -0.758. The van der Waals surface area contributed by atoms with Gasteiger partial charge in [-0.1, -0.05) is 20.8 Å². The summed E-state index contributed by atoms with van der Waals surface area (Å²) in [6.07, 6.45) is 1.72. The largest absolute Gasteiger partial charge is 0.481 e. The van der Waals surface area contributed by atoms with Crippen molar-refractivity contribution in [2.24, 2.45) is 17.1 Å². The molecule has 1 fully saturated rings. The molecule has 0 aromatic heterocycles. The Balaban J connectivity index is 2.48. The number of carbonyl (C=O) groups excluding carboxylic acids is 1.